The maximum Gasteiger partial charge on any atom is 0.227 e. The van der Waals surface area contributed by atoms with Crippen LogP contribution in [0.15, 0.2) is 83.9 Å². The zero-order valence-corrected chi connectivity index (χ0v) is 13.6. The molecule has 3 rings (SSSR count). The van der Waals surface area contributed by atoms with Crippen LogP contribution in [0.5, 0.6) is 5.75 Å². The summed E-state index contributed by atoms with van der Waals surface area (Å²) in [5, 5.41) is 1.33. The van der Waals surface area contributed by atoms with Gasteiger partial charge in [-0.25, -0.2) is 4.99 Å². The quantitative estimate of drug-likeness (QED) is 0.413. The van der Waals surface area contributed by atoms with Crippen LogP contribution in [-0.4, -0.2) is 5.90 Å². The molecule has 3 aromatic rings. The molecule has 0 aliphatic rings. The monoisotopic (exact) mass is 341 g/mol. The lowest BCUT2D eigenvalue weighted by Crippen LogP contribution is -2.09. The zero-order chi connectivity index (χ0) is 16.1. The molecule has 0 bridgehead atoms. The van der Waals surface area contributed by atoms with Gasteiger partial charge in [-0.05, 0) is 60.7 Å². The van der Waals surface area contributed by atoms with Gasteiger partial charge in [0.1, 0.15) is 5.75 Å². The minimum atomic E-state index is 0.509. The van der Waals surface area contributed by atoms with Crippen molar-refractivity contribution < 1.29 is 4.74 Å². The number of aliphatic imine (C=N–C) groups is 1. The lowest BCUT2D eigenvalue weighted by Gasteiger charge is -2.09. The third kappa shape index (κ3) is 4.35. The summed E-state index contributed by atoms with van der Waals surface area (Å²) in [6.45, 7) is 0. The SMILES string of the molecule is Clc1ccc(N=C(Oc2ccc(Cl)cc2)c2ccccc2)cc1. The maximum absolute atomic E-state index is 5.95. The van der Waals surface area contributed by atoms with Crippen molar-refractivity contribution in [3.8, 4) is 5.75 Å². The summed E-state index contributed by atoms with van der Waals surface area (Å²) in [6, 6.07) is 24.2. The van der Waals surface area contributed by atoms with Crippen molar-refractivity contribution in [2.75, 3.05) is 0 Å². The minimum absolute atomic E-state index is 0.509. The fraction of sp³-hybridized carbons (Fsp3) is 0. The van der Waals surface area contributed by atoms with E-state index in [9.17, 15) is 0 Å². The highest BCUT2D eigenvalue weighted by Gasteiger charge is 2.07. The molecule has 0 spiro atoms. The largest absolute Gasteiger partial charge is 0.438 e. The second kappa shape index (κ2) is 7.32. The van der Waals surface area contributed by atoms with Crippen molar-refractivity contribution in [1.29, 1.82) is 0 Å². The van der Waals surface area contributed by atoms with Crippen LogP contribution in [0.25, 0.3) is 0 Å². The van der Waals surface area contributed by atoms with Crippen LogP contribution in [0, 0.1) is 0 Å². The van der Waals surface area contributed by atoms with Gasteiger partial charge in [0.2, 0.25) is 5.90 Å². The first-order valence-electron chi connectivity index (χ1n) is 7.04. The number of hydrogen-bond acceptors (Lipinski definition) is 2. The van der Waals surface area contributed by atoms with E-state index in [1.807, 2.05) is 54.6 Å². The molecule has 23 heavy (non-hydrogen) atoms. The Bertz CT molecular complexity index is 797. The van der Waals surface area contributed by atoms with Crippen LogP contribution >= 0.6 is 23.2 Å². The number of rotatable bonds is 3. The van der Waals surface area contributed by atoms with Crippen molar-refractivity contribution in [2.45, 2.75) is 0 Å². The van der Waals surface area contributed by atoms with Crippen LogP contribution < -0.4 is 4.74 Å². The molecular weight excluding hydrogens is 329 g/mol. The van der Waals surface area contributed by atoms with Crippen molar-refractivity contribution in [3.05, 3.63) is 94.5 Å². The summed E-state index contributed by atoms with van der Waals surface area (Å²) in [7, 11) is 0. The number of nitrogens with zero attached hydrogens (tertiary/aromatic N) is 1. The standard InChI is InChI=1S/C19H13Cl2NO/c20-15-6-10-17(11-7-15)22-19(14-4-2-1-3-5-14)23-18-12-8-16(21)9-13-18/h1-13H. The van der Waals surface area contributed by atoms with Gasteiger partial charge in [0.15, 0.2) is 0 Å². The predicted molar refractivity (Wildman–Crippen MR) is 96.2 cm³/mol. The Labute approximate surface area is 145 Å². The molecule has 0 fully saturated rings. The molecule has 0 heterocycles. The van der Waals surface area contributed by atoms with E-state index < -0.39 is 0 Å². The van der Waals surface area contributed by atoms with Crippen molar-refractivity contribution in [3.63, 3.8) is 0 Å². The van der Waals surface area contributed by atoms with E-state index >= 15 is 0 Å². The lowest BCUT2D eigenvalue weighted by atomic mass is 10.2. The summed E-state index contributed by atoms with van der Waals surface area (Å²) in [5.41, 5.74) is 1.65. The van der Waals surface area contributed by atoms with Gasteiger partial charge in [0.05, 0.1) is 5.69 Å². The molecule has 0 aromatic heterocycles. The van der Waals surface area contributed by atoms with Gasteiger partial charge < -0.3 is 4.74 Å². The Balaban J connectivity index is 1.96. The molecule has 0 radical (unpaired) electrons. The van der Waals surface area contributed by atoms with Gasteiger partial charge >= 0.3 is 0 Å². The van der Waals surface area contributed by atoms with E-state index in [1.165, 1.54) is 0 Å². The molecule has 114 valence electrons. The Hall–Kier alpha value is -2.29. The molecule has 0 N–H and O–H groups in total. The predicted octanol–water partition coefficient (Wildman–Crippen LogP) is 6.15. The van der Waals surface area contributed by atoms with Crippen molar-refractivity contribution in [1.82, 2.24) is 0 Å². The van der Waals surface area contributed by atoms with Gasteiger partial charge in [-0.2, -0.15) is 0 Å². The van der Waals surface area contributed by atoms with E-state index in [1.54, 1.807) is 24.3 Å². The summed E-state index contributed by atoms with van der Waals surface area (Å²) in [6.07, 6.45) is 0. The summed E-state index contributed by atoms with van der Waals surface area (Å²) >= 11 is 11.8. The average Bonchev–Trinajstić information content (AvgIpc) is 2.59. The second-order valence-corrected chi connectivity index (χ2v) is 5.69. The highest BCUT2D eigenvalue weighted by atomic mass is 35.5. The smallest absolute Gasteiger partial charge is 0.227 e. The first kappa shape index (κ1) is 15.6. The van der Waals surface area contributed by atoms with E-state index in [4.69, 9.17) is 27.9 Å². The number of hydrogen-bond donors (Lipinski definition) is 0. The van der Waals surface area contributed by atoms with Crippen LogP contribution in [0.4, 0.5) is 5.69 Å². The van der Waals surface area contributed by atoms with Gasteiger partial charge in [0.25, 0.3) is 0 Å². The molecule has 0 aliphatic heterocycles. The molecule has 0 atom stereocenters. The van der Waals surface area contributed by atoms with Crippen LogP contribution in [0.1, 0.15) is 5.56 Å². The van der Waals surface area contributed by atoms with E-state index in [0.717, 1.165) is 11.3 Å². The minimum Gasteiger partial charge on any atom is -0.438 e. The first-order chi connectivity index (χ1) is 11.2. The Morgan fingerprint density at radius 3 is 1.87 bits per heavy atom. The lowest BCUT2D eigenvalue weighted by molar-refractivity contribution is 0.553. The average molecular weight is 342 g/mol. The zero-order valence-electron chi connectivity index (χ0n) is 12.1. The Morgan fingerprint density at radius 2 is 1.26 bits per heavy atom. The van der Waals surface area contributed by atoms with E-state index in [0.29, 0.717) is 21.7 Å². The van der Waals surface area contributed by atoms with E-state index in [2.05, 4.69) is 4.99 Å². The fourth-order valence-corrected chi connectivity index (χ4v) is 2.23. The van der Waals surface area contributed by atoms with Gasteiger partial charge in [0, 0.05) is 15.6 Å². The van der Waals surface area contributed by atoms with E-state index in [-0.39, 0.29) is 0 Å². The van der Waals surface area contributed by atoms with Crippen molar-refractivity contribution in [2.24, 2.45) is 4.99 Å². The van der Waals surface area contributed by atoms with Crippen molar-refractivity contribution >= 4 is 34.8 Å². The normalized spacial score (nSPS) is 11.3. The molecule has 2 nitrogen and oxygen atoms in total. The Morgan fingerprint density at radius 1 is 0.696 bits per heavy atom. The molecule has 0 aliphatic carbocycles. The second-order valence-electron chi connectivity index (χ2n) is 4.82. The Kier molecular flexibility index (Phi) is 4.96. The topological polar surface area (TPSA) is 21.6 Å². The summed E-state index contributed by atoms with van der Waals surface area (Å²) in [4.78, 5) is 4.59. The van der Waals surface area contributed by atoms with Gasteiger partial charge in [-0.3, -0.25) is 0 Å². The summed E-state index contributed by atoms with van der Waals surface area (Å²) < 4.78 is 5.95. The third-order valence-corrected chi connectivity index (χ3v) is 3.61. The van der Waals surface area contributed by atoms with Gasteiger partial charge in [-0.1, -0.05) is 41.4 Å². The highest BCUT2D eigenvalue weighted by Crippen LogP contribution is 2.21. The first-order valence-corrected chi connectivity index (χ1v) is 7.79. The maximum atomic E-state index is 5.95. The molecule has 3 aromatic carbocycles. The van der Waals surface area contributed by atoms with Crippen LogP contribution in [0.3, 0.4) is 0 Å². The number of halogens is 2. The third-order valence-electron chi connectivity index (χ3n) is 3.11. The molecule has 0 saturated carbocycles. The van der Waals surface area contributed by atoms with Crippen LogP contribution in [0.2, 0.25) is 10.0 Å². The fourth-order valence-electron chi connectivity index (χ4n) is 1.97. The van der Waals surface area contributed by atoms with Gasteiger partial charge in [-0.15, -0.1) is 0 Å². The summed E-state index contributed by atoms with van der Waals surface area (Å²) in [5.74, 6) is 1.18. The molecule has 0 amide bonds. The number of ether oxygens (including phenoxy) is 1. The number of benzene rings is 3. The molecule has 4 heteroatoms. The highest BCUT2D eigenvalue weighted by molar-refractivity contribution is 6.30. The molecular formula is C19H13Cl2NO. The van der Waals surface area contributed by atoms with Crippen LogP contribution in [-0.2, 0) is 0 Å². The molecule has 0 saturated heterocycles. The molecule has 0 unspecified atom stereocenters.